The van der Waals surface area contributed by atoms with E-state index in [-0.39, 0.29) is 5.84 Å². The third-order valence-electron chi connectivity index (χ3n) is 2.65. The average Bonchev–Trinajstić information content (AvgIpc) is 2.38. The Morgan fingerprint density at radius 3 is 2.72 bits per heavy atom. The molecular weight excluding hydrogens is 228 g/mol. The summed E-state index contributed by atoms with van der Waals surface area (Å²) < 4.78 is 0. The van der Waals surface area contributed by atoms with Crippen molar-refractivity contribution in [3.05, 3.63) is 47.3 Å². The maximum absolute atomic E-state index is 8.64. The van der Waals surface area contributed by atoms with Gasteiger partial charge in [0.2, 0.25) is 0 Å². The molecule has 0 saturated carbocycles. The van der Waals surface area contributed by atoms with Crippen molar-refractivity contribution in [3.8, 4) is 11.4 Å². The topological polar surface area (TPSA) is 84.4 Å². The van der Waals surface area contributed by atoms with Gasteiger partial charge in [0.1, 0.15) is 5.69 Å². The van der Waals surface area contributed by atoms with Gasteiger partial charge in [-0.25, -0.2) is 9.97 Å². The third-order valence-corrected chi connectivity index (χ3v) is 2.65. The Kier molecular flexibility index (Phi) is 3.23. The fraction of sp³-hybridized carbons (Fsp3) is 0.154. The molecular formula is C13H14N4O. The fourth-order valence-electron chi connectivity index (χ4n) is 1.75. The van der Waals surface area contributed by atoms with Gasteiger partial charge in [0.25, 0.3) is 0 Å². The number of oxime groups is 1. The molecule has 0 fully saturated rings. The Hall–Kier alpha value is -2.43. The highest BCUT2D eigenvalue weighted by Gasteiger charge is 2.08. The predicted octanol–water partition coefficient (Wildman–Crippen LogP) is 1.85. The van der Waals surface area contributed by atoms with Crippen molar-refractivity contribution in [2.24, 2.45) is 10.9 Å². The number of aryl methyl sites for hydroxylation is 2. The summed E-state index contributed by atoms with van der Waals surface area (Å²) in [5, 5.41) is 11.6. The molecule has 3 N–H and O–H groups in total. The largest absolute Gasteiger partial charge is 0.409 e. The Morgan fingerprint density at radius 1 is 1.28 bits per heavy atom. The van der Waals surface area contributed by atoms with Gasteiger partial charge in [0, 0.05) is 11.8 Å². The highest BCUT2D eigenvalue weighted by Crippen LogP contribution is 2.20. The molecule has 0 amide bonds. The van der Waals surface area contributed by atoms with Gasteiger partial charge < -0.3 is 10.9 Å². The molecule has 5 heteroatoms. The first-order valence-corrected chi connectivity index (χ1v) is 5.50. The average molecular weight is 242 g/mol. The molecule has 92 valence electrons. The van der Waals surface area contributed by atoms with Crippen molar-refractivity contribution >= 4 is 5.84 Å². The molecule has 18 heavy (non-hydrogen) atoms. The van der Waals surface area contributed by atoms with Gasteiger partial charge in [-0.2, -0.15) is 0 Å². The summed E-state index contributed by atoms with van der Waals surface area (Å²) in [6, 6.07) is 7.63. The van der Waals surface area contributed by atoms with Crippen molar-refractivity contribution in [2.45, 2.75) is 13.8 Å². The molecule has 0 atom stereocenters. The van der Waals surface area contributed by atoms with Gasteiger partial charge in [-0.05, 0) is 25.5 Å². The van der Waals surface area contributed by atoms with Crippen LogP contribution in [0.3, 0.4) is 0 Å². The zero-order valence-corrected chi connectivity index (χ0v) is 10.3. The number of hydrogen-bond donors (Lipinski definition) is 2. The molecule has 5 nitrogen and oxygen atoms in total. The zero-order valence-electron chi connectivity index (χ0n) is 10.3. The van der Waals surface area contributed by atoms with Gasteiger partial charge in [-0.3, -0.25) is 0 Å². The molecule has 0 aliphatic rings. The maximum Gasteiger partial charge on any atom is 0.188 e. The van der Waals surface area contributed by atoms with Crippen LogP contribution in [0, 0.1) is 13.8 Å². The van der Waals surface area contributed by atoms with Gasteiger partial charge in [-0.1, -0.05) is 28.9 Å². The molecule has 2 aromatic rings. The van der Waals surface area contributed by atoms with Crippen LogP contribution in [0.2, 0.25) is 0 Å². The van der Waals surface area contributed by atoms with E-state index in [0.717, 1.165) is 11.1 Å². The van der Waals surface area contributed by atoms with E-state index in [1.165, 1.54) is 5.56 Å². The molecule has 0 aliphatic heterocycles. The summed E-state index contributed by atoms with van der Waals surface area (Å²) in [4.78, 5) is 8.49. The molecule has 0 aliphatic carbocycles. The third kappa shape index (κ3) is 2.29. The SMILES string of the molecule is Cc1ccc(-c2nccc(/C(N)=N/O)n2)c(C)c1. The number of nitrogens with two attached hydrogens (primary N) is 1. The monoisotopic (exact) mass is 242 g/mol. The van der Waals surface area contributed by atoms with Crippen LogP contribution in [0.4, 0.5) is 0 Å². The molecule has 0 radical (unpaired) electrons. The predicted molar refractivity (Wildman–Crippen MR) is 69.5 cm³/mol. The Labute approximate surface area is 105 Å². The first-order valence-electron chi connectivity index (χ1n) is 5.50. The summed E-state index contributed by atoms with van der Waals surface area (Å²) >= 11 is 0. The second-order valence-corrected chi connectivity index (χ2v) is 4.07. The number of rotatable bonds is 2. The smallest absolute Gasteiger partial charge is 0.188 e. The zero-order chi connectivity index (χ0) is 13.1. The lowest BCUT2D eigenvalue weighted by atomic mass is 10.1. The first-order chi connectivity index (χ1) is 8.61. The van der Waals surface area contributed by atoms with Crippen LogP contribution in [0.1, 0.15) is 16.8 Å². The molecule has 0 spiro atoms. The lowest BCUT2D eigenvalue weighted by Crippen LogP contribution is -2.15. The molecule has 2 rings (SSSR count). The minimum absolute atomic E-state index is 0.0246. The van der Waals surface area contributed by atoms with Crippen molar-refractivity contribution in [1.29, 1.82) is 0 Å². The van der Waals surface area contributed by atoms with E-state index in [1.807, 2.05) is 26.0 Å². The quantitative estimate of drug-likeness (QED) is 0.364. The molecule has 1 aromatic carbocycles. The first kappa shape index (κ1) is 12.0. The summed E-state index contributed by atoms with van der Waals surface area (Å²) in [7, 11) is 0. The fourth-order valence-corrected chi connectivity index (χ4v) is 1.75. The van der Waals surface area contributed by atoms with Gasteiger partial charge in [0.05, 0.1) is 0 Å². The van der Waals surface area contributed by atoms with Crippen molar-refractivity contribution in [2.75, 3.05) is 0 Å². The standard InChI is InChI=1S/C13H14N4O/c1-8-3-4-10(9(2)7-8)13-15-6-5-11(16-13)12(14)17-18/h3-7,18H,1-2H3,(H2,14,17). The Morgan fingerprint density at radius 2 is 2.06 bits per heavy atom. The van der Waals surface area contributed by atoms with Gasteiger partial charge >= 0.3 is 0 Å². The van der Waals surface area contributed by atoms with Crippen LogP contribution < -0.4 is 5.73 Å². The second kappa shape index (κ2) is 4.83. The van der Waals surface area contributed by atoms with E-state index in [1.54, 1.807) is 12.3 Å². The lowest BCUT2D eigenvalue weighted by Gasteiger charge is -2.06. The minimum Gasteiger partial charge on any atom is -0.409 e. The number of benzene rings is 1. The molecule has 1 aromatic heterocycles. The highest BCUT2D eigenvalue weighted by molar-refractivity contribution is 5.95. The van der Waals surface area contributed by atoms with Crippen LogP contribution in [0.25, 0.3) is 11.4 Å². The number of hydrogen-bond acceptors (Lipinski definition) is 4. The number of amidine groups is 1. The Balaban J connectivity index is 2.51. The van der Waals surface area contributed by atoms with E-state index in [2.05, 4.69) is 21.2 Å². The van der Waals surface area contributed by atoms with E-state index >= 15 is 0 Å². The van der Waals surface area contributed by atoms with E-state index < -0.39 is 0 Å². The van der Waals surface area contributed by atoms with Crippen LogP contribution in [-0.2, 0) is 0 Å². The lowest BCUT2D eigenvalue weighted by molar-refractivity contribution is 0.318. The maximum atomic E-state index is 8.64. The van der Waals surface area contributed by atoms with Crippen molar-refractivity contribution < 1.29 is 5.21 Å². The number of nitrogens with zero attached hydrogens (tertiary/aromatic N) is 3. The van der Waals surface area contributed by atoms with Crippen LogP contribution in [0.5, 0.6) is 0 Å². The van der Waals surface area contributed by atoms with Crippen molar-refractivity contribution in [3.63, 3.8) is 0 Å². The second-order valence-electron chi connectivity index (χ2n) is 4.07. The summed E-state index contributed by atoms with van der Waals surface area (Å²) in [5.74, 6) is 0.542. The van der Waals surface area contributed by atoms with E-state index in [9.17, 15) is 0 Å². The van der Waals surface area contributed by atoms with Crippen LogP contribution in [-0.4, -0.2) is 21.0 Å². The molecule has 0 bridgehead atoms. The minimum atomic E-state index is -0.0246. The number of aromatic nitrogens is 2. The van der Waals surface area contributed by atoms with Gasteiger partial charge in [0.15, 0.2) is 11.7 Å². The van der Waals surface area contributed by atoms with E-state index in [0.29, 0.717) is 11.5 Å². The van der Waals surface area contributed by atoms with Gasteiger partial charge in [-0.15, -0.1) is 0 Å². The summed E-state index contributed by atoms with van der Waals surface area (Å²) in [6.07, 6.45) is 1.59. The van der Waals surface area contributed by atoms with Crippen molar-refractivity contribution in [1.82, 2.24) is 9.97 Å². The summed E-state index contributed by atoms with van der Waals surface area (Å²) in [5.41, 5.74) is 9.13. The highest BCUT2D eigenvalue weighted by atomic mass is 16.4. The normalized spacial score (nSPS) is 11.6. The van der Waals surface area contributed by atoms with Crippen LogP contribution >= 0.6 is 0 Å². The molecule has 0 saturated heterocycles. The Bertz CT molecular complexity index is 608. The molecule has 0 unspecified atom stereocenters. The molecule has 1 heterocycles. The summed E-state index contributed by atoms with van der Waals surface area (Å²) in [6.45, 7) is 4.03. The van der Waals surface area contributed by atoms with Crippen LogP contribution in [0.15, 0.2) is 35.6 Å². The van der Waals surface area contributed by atoms with E-state index in [4.69, 9.17) is 10.9 Å².